The molecule has 0 unspecified atom stereocenters. The summed E-state index contributed by atoms with van der Waals surface area (Å²) in [5.74, 6) is 1.54. The Labute approximate surface area is 181 Å². The minimum absolute atomic E-state index is 0.346. The lowest BCUT2D eigenvalue weighted by molar-refractivity contribution is 0.211. The van der Waals surface area contributed by atoms with Crippen molar-refractivity contribution >= 4 is 16.9 Å². The van der Waals surface area contributed by atoms with Crippen molar-refractivity contribution in [2.75, 3.05) is 25.5 Å². The van der Waals surface area contributed by atoms with Gasteiger partial charge >= 0.3 is 0 Å². The highest BCUT2D eigenvalue weighted by molar-refractivity contribution is 5.97. The van der Waals surface area contributed by atoms with Gasteiger partial charge in [0.15, 0.2) is 0 Å². The average Bonchev–Trinajstić information content (AvgIpc) is 3.26. The molecule has 1 fully saturated rings. The van der Waals surface area contributed by atoms with E-state index in [0.717, 1.165) is 60.7 Å². The number of aromatic nitrogens is 3. The summed E-state index contributed by atoms with van der Waals surface area (Å²) in [6.07, 6.45) is 3.63. The monoisotopic (exact) mass is 415 g/mol. The lowest BCUT2D eigenvalue weighted by Crippen LogP contribution is -2.38. The molecule has 0 bridgehead atoms. The van der Waals surface area contributed by atoms with Gasteiger partial charge in [0.1, 0.15) is 29.0 Å². The normalized spacial score (nSPS) is 15.3. The molecule has 1 saturated heterocycles. The van der Waals surface area contributed by atoms with Crippen LogP contribution in [0.3, 0.4) is 0 Å². The zero-order valence-electron chi connectivity index (χ0n) is 17.5. The van der Waals surface area contributed by atoms with E-state index in [1.54, 1.807) is 7.11 Å². The molecule has 0 radical (unpaired) electrons. The van der Waals surface area contributed by atoms with Crippen molar-refractivity contribution in [2.24, 2.45) is 0 Å². The second-order valence-corrected chi connectivity index (χ2v) is 7.85. The number of fused-ring (bicyclic) bond motifs is 1. The summed E-state index contributed by atoms with van der Waals surface area (Å²) < 4.78 is 10.9. The molecule has 1 aliphatic rings. The molecule has 0 spiro atoms. The Hall–Kier alpha value is -3.45. The number of hydrogen-bond donors (Lipinski definition) is 1. The average molecular weight is 415 g/mol. The number of rotatable bonds is 6. The molecule has 7 heteroatoms. The van der Waals surface area contributed by atoms with Crippen LogP contribution in [0.4, 0.5) is 5.82 Å². The molecule has 0 amide bonds. The Bertz CT molecular complexity index is 1150. The van der Waals surface area contributed by atoms with Gasteiger partial charge in [-0.3, -0.25) is 4.90 Å². The molecule has 3 heterocycles. The molecule has 2 aromatic heterocycles. The van der Waals surface area contributed by atoms with Crippen LogP contribution < -0.4 is 10.1 Å². The van der Waals surface area contributed by atoms with E-state index in [4.69, 9.17) is 9.26 Å². The number of hydrogen-bond acceptors (Lipinski definition) is 7. The van der Waals surface area contributed by atoms with E-state index in [1.807, 2.05) is 24.3 Å². The van der Waals surface area contributed by atoms with Crippen LogP contribution in [-0.2, 0) is 6.54 Å². The van der Waals surface area contributed by atoms with Crippen molar-refractivity contribution < 1.29 is 9.26 Å². The van der Waals surface area contributed by atoms with Crippen LogP contribution in [0.2, 0.25) is 0 Å². The van der Waals surface area contributed by atoms with Gasteiger partial charge in [0.05, 0.1) is 7.11 Å². The van der Waals surface area contributed by atoms with Gasteiger partial charge in [0, 0.05) is 31.2 Å². The number of anilines is 1. The van der Waals surface area contributed by atoms with E-state index >= 15 is 0 Å². The summed E-state index contributed by atoms with van der Waals surface area (Å²) in [4.78, 5) is 11.3. The summed E-state index contributed by atoms with van der Waals surface area (Å²) in [5.41, 5.74) is 3.47. The molecule has 1 aliphatic heterocycles. The third-order valence-electron chi connectivity index (χ3n) is 5.79. The topological polar surface area (TPSA) is 76.3 Å². The maximum absolute atomic E-state index is 5.50. The van der Waals surface area contributed by atoms with Gasteiger partial charge in [-0.2, -0.15) is 4.98 Å². The fraction of sp³-hybridized carbons (Fsp3) is 0.292. The summed E-state index contributed by atoms with van der Waals surface area (Å²) in [6, 6.07) is 18.8. The number of likely N-dealkylation sites (tertiary alicyclic amines) is 1. The molecule has 158 valence electrons. The summed E-state index contributed by atoms with van der Waals surface area (Å²) in [7, 11) is 1.65. The Kier molecular flexibility index (Phi) is 5.50. The molecular formula is C24H25N5O2. The molecule has 31 heavy (non-hydrogen) atoms. The SMILES string of the molecule is COc1cccc(-c2noc3ncnc(NC4CCN(Cc5ccccc5)CC4)c23)c1. The van der Waals surface area contributed by atoms with E-state index in [9.17, 15) is 0 Å². The van der Waals surface area contributed by atoms with E-state index in [-0.39, 0.29) is 0 Å². The van der Waals surface area contributed by atoms with Gasteiger partial charge in [-0.25, -0.2) is 4.98 Å². The van der Waals surface area contributed by atoms with Crippen molar-refractivity contribution in [3.63, 3.8) is 0 Å². The standard InChI is InChI=1S/C24H25N5O2/c1-30-20-9-5-8-18(14-20)22-21-23(25-16-26-24(21)31-28-22)27-19-10-12-29(13-11-19)15-17-6-3-2-4-7-17/h2-9,14,16,19H,10-13,15H2,1H3,(H,25,26,27). The number of nitrogens with one attached hydrogen (secondary N) is 1. The molecule has 5 rings (SSSR count). The second kappa shape index (κ2) is 8.73. The first-order valence-electron chi connectivity index (χ1n) is 10.6. The predicted octanol–water partition coefficient (Wildman–Crippen LogP) is 4.37. The summed E-state index contributed by atoms with van der Waals surface area (Å²) in [5, 5.41) is 8.70. The number of benzene rings is 2. The first-order valence-corrected chi connectivity index (χ1v) is 10.6. The maximum Gasteiger partial charge on any atom is 0.263 e. The van der Waals surface area contributed by atoms with Crippen LogP contribution >= 0.6 is 0 Å². The van der Waals surface area contributed by atoms with E-state index in [0.29, 0.717) is 11.8 Å². The zero-order chi connectivity index (χ0) is 21.0. The Morgan fingerprint density at radius 2 is 1.90 bits per heavy atom. The Morgan fingerprint density at radius 1 is 1.06 bits per heavy atom. The second-order valence-electron chi connectivity index (χ2n) is 7.85. The van der Waals surface area contributed by atoms with Gasteiger partial charge < -0.3 is 14.6 Å². The number of nitrogens with zero attached hydrogens (tertiary/aromatic N) is 4. The highest BCUT2D eigenvalue weighted by Crippen LogP contribution is 2.33. The molecule has 7 nitrogen and oxygen atoms in total. The van der Waals surface area contributed by atoms with Crippen molar-refractivity contribution in [3.05, 3.63) is 66.5 Å². The van der Waals surface area contributed by atoms with Crippen LogP contribution in [0.25, 0.3) is 22.4 Å². The van der Waals surface area contributed by atoms with Crippen molar-refractivity contribution in [1.82, 2.24) is 20.0 Å². The van der Waals surface area contributed by atoms with Crippen molar-refractivity contribution in [3.8, 4) is 17.0 Å². The fourth-order valence-corrected chi connectivity index (χ4v) is 4.13. The first kappa shape index (κ1) is 19.5. The third kappa shape index (κ3) is 4.22. The quantitative estimate of drug-likeness (QED) is 0.501. The minimum atomic E-state index is 0.346. The van der Waals surface area contributed by atoms with Gasteiger partial charge in [-0.15, -0.1) is 0 Å². The molecule has 1 N–H and O–H groups in total. The maximum atomic E-state index is 5.50. The minimum Gasteiger partial charge on any atom is -0.497 e. The van der Waals surface area contributed by atoms with Crippen molar-refractivity contribution in [2.45, 2.75) is 25.4 Å². The largest absolute Gasteiger partial charge is 0.497 e. The third-order valence-corrected chi connectivity index (χ3v) is 5.79. The Balaban J connectivity index is 1.32. The van der Waals surface area contributed by atoms with E-state index in [2.05, 4.69) is 55.7 Å². The zero-order valence-corrected chi connectivity index (χ0v) is 17.5. The van der Waals surface area contributed by atoms with E-state index < -0.39 is 0 Å². The van der Waals surface area contributed by atoms with Crippen molar-refractivity contribution in [1.29, 1.82) is 0 Å². The summed E-state index contributed by atoms with van der Waals surface area (Å²) in [6.45, 7) is 3.09. The highest BCUT2D eigenvalue weighted by Gasteiger charge is 2.23. The first-order chi connectivity index (χ1) is 15.3. The summed E-state index contributed by atoms with van der Waals surface area (Å²) >= 11 is 0. The number of piperidine rings is 1. The number of ether oxygens (including phenoxy) is 1. The molecule has 0 saturated carbocycles. The van der Waals surface area contributed by atoms with Gasteiger partial charge in [0.25, 0.3) is 5.71 Å². The van der Waals surface area contributed by atoms with Crippen LogP contribution in [0, 0.1) is 0 Å². The molecule has 2 aromatic carbocycles. The van der Waals surface area contributed by atoms with Crippen LogP contribution in [0.1, 0.15) is 18.4 Å². The Morgan fingerprint density at radius 3 is 2.71 bits per heavy atom. The van der Waals surface area contributed by atoms with E-state index in [1.165, 1.54) is 11.9 Å². The molecular weight excluding hydrogens is 390 g/mol. The van der Waals surface area contributed by atoms with Gasteiger partial charge in [0.2, 0.25) is 0 Å². The molecule has 4 aromatic rings. The smallest absolute Gasteiger partial charge is 0.263 e. The number of methoxy groups -OCH3 is 1. The fourth-order valence-electron chi connectivity index (χ4n) is 4.13. The molecule has 0 atom stereocenters. The highest BCUT2D eigenvalue weighted by atomic mass is 16.5. The van der Waals surface area contributed by atoms with Crippen LogP contribution in [0.5, 0.6) is 5.75 Å². The van der Waals surface area contributed by atoms with Crippen LogP contribution in [-0.4, -0.2) is 46.3 Å². The van der Waals surface area contributed by atoms with Gasteiger partial charge in [-0.05, 0) is 30.5 Å². The lowest BCUT2D eigenvalue weighted by atomic mass is 10.0. The van der Waals surface area contributed by atoms with Crippen LogP contribution in [0.15, 0.2) is 65.4 Å². The lowest BCUT2D eigenvalue weighted by Gasteiger charge is -2.32. The van der Waals surface area contributed by atoms with Gasteiger partial charge in [-0.1, -0.05) is 47.6 Å². The predicted molar refractivity (Wildman–Crippen MR) is 120 cm³/mol. The molecule has 0 aliphatic carbocycles.